The van der Waals surface area contributed by atoms with Crippen LogP contribution in [0.25, 0.3) is 11.0 Å². The van der Waals surface area contributed by atoms with Crippen molar-refractivity contribution in [2.24, 2.45) is 0 Å². The Bertz CT molecular complexity index is 920. The van der Waals surface area contributed by atoms with Crippen molar-refractivity contribution in [3.8, 4) is 0 Å². The SMILES string of the molecule is N=c1oc2ccc(Br)cc2cc1C(=O)Nc1ccc(Cl)cc1. The molecule has 2 aromatic carbocycles. The van der Waals surface area contributed by atoms with Crippen LogP contribution in [-0.2, 0) is 0 Å². The van der Waals surface area contributed by atoms with Crippen molar-refractivity contribution in [2.45, 2.75) is 0 Å². The highest BCUT2D eigenvalue weighted by Crippen LogP contribution is 2.20. The van der Waals surface area contributed by atoms with E-state index < -0.39 is 5.91 Å². The molecule has 3 rings (SSSR count). The Hall–Kier alpha value is -2.11. The number of anilines is 1. The van der Waals surface area contributed by atoms with Crippen LogP contribution >= 0.6 is 27.5 Å². The molecule has 0 saturated heterocycles. The summed E-state index contributed by atoms with van der Waals surface area (Å²) in [5.41, 5.74) is 1.14. The molecule has 3 aromatic rings. The van der Waals surface area contributed by atoms with Gasteiger partial charge in [-0.25, -0.2) is 0 Å². The lowest BCUT2D eigenvalue weighted by atomic mass is 10.1. The van der Waals surface area contributed by atoms with E-state index in [9.17, 15) is 4.79 Å². The van der Waals surface area contributed by atoms with E-state index in [1.54, 1.807) is 36.4 Å². The van der Waals surface area contributed by atoms with Gasteiger partial charge in [0, 0.05) is 20.6 Å². The number of nitrogens with one attached hydrogen (secondary N) is 2. The number of hydrogen-bond donors (Lipinski definition) is 2. The van der Waals surface area contributed by atoms with E-state index in [1.807, 2.05) is 12.1 Å². The van der Waals surface area contributed by atoms with Gasteiger partial charge in [-0.2, -0.15) is 0 Å². The first kappa shape index (κ1) is 14.8. The molecule has 0 bridgehead atoms. The van der Waals surface area contributed by atoms with E-state index in [0.29, 0.717) is 16.3 Å². The smallest absolute Gasteiger partial charge is 0.261 e. The lowest BCUT2D eigenvalue weighted by Crippen LogP contribution is -2.20. The molecule has 2 N–H and O–H groups in total. The van der Waals surface area contributed by atoms with E-state index in [2.05, 4.69) is 21.2 Å². The Morgan fingerprint density at radius 3 is 2.59 bits per heavy atom. The van der Waals surface area contributed by atoms with Gasteiger partial charge < -0.3 is 9.73 Å². The first-order chi connectivity index (χ1) is 10.5. The van der Waals surface area contributed by atoms with Gasteiger partial charge in [-0.3, -0.25) is 10.2 Å². The molecule has 1 aromatic heterocycles. The quantitative estimate of drug-likeness (QED) is 0.686. The molecule has 0 unspecified atom stereocenters. The Balaban J connectivity index is 1.98. The van der Waals surface area contributed by atoms with Crippen molar-refractivity contribution < 1.29 is 9.21 Å². The molecular weight excluding hydrogens is 368 g/mol. The normalized spacial score (nSPS) is 10.6. The standard InChI is InChI=1S/C16H10BrClN2O2/c17-10-1-6-14-9(7-10)8-13(15(19)22-14)16(21)20-12-4-2-11(18)3-5-12/h1-8,19H,(H,20,21). The molecule has 0 aliphatic heterocycles. The Morgan fingerprint density at radius 1 is 1.14 bits per heavy atom. The summed E-state index contributed by atoms with van der Waals surface area (Å²) >= 11 is 9.18. The second kappa shape index (κ2) is 5.94. The van der Waals surface area contributed by atoms with Crippen LogP contribution in [0.15, 0.2) is 57.4 Å². The van der Waals surface area contributed by atoms with Crippen LogP contribution in [-0.4, -0.2) is 5.91 Å². The molecule has 0 atom stereocenters. The Kier molecular flexibility index (Phi) is 4.00. The van der Waals surface area contributed by atoms with Crippen LogP contribution in [0.4, 0.5) is 5.69 Å². The van der Waals surface area contributed by atoms with E-state index in [1.165, 1.54) is 0 Å². The molecule has 0 aliphatic carbocycles. The predicted molar refractivity (Wildman–Crippen MR) is 89.2 cm³/mol. The van der Waals surface area contributed by atoms with Crippen molar-refractivity contribution >= 4 is 50.1 Å². The molecular formula is C16H10BrClN2O2. The zero-order chi connectivity index (χ0) is 15.7. The number of fused-ring (bicyclic) bond motifs is 1. The largest absolute Gasteiger partial charge is 0.438 e. The minimum absolute atomic E-state index is 0.167. The van der Waals surface area contributed by atoms with Crippen LogP contribution < -0.4 is 10.9 Å². The van der Waals surface area contributed by atoms with Crippen LogP contribution in [0, 0.1) is 5.41 Å². The maximum atomic E-state index is 12.3. The molecule has 0 aliphatic rings. The Labute approximate surface area is 139 Å². The Morgan fingerprint density at radius 2 is 1.86 bits per heavy atom. The number of rotatable bonds is 2. The highest BCUT2D eigenvalue weighted by Gasteiger charge is 2.12. The summed E-state index contributed by atoms with van der Waals surface area (Å²) in [6, 6.07) is 13.8. The molecule has 0 saturated carbocycles. The van der Waals surface area contributed by atoms with Gasteiger partial charge in [0.25, 0.3) is 5.91 Å². The first-order valence-electron chi connectivity index (χ1n) is 6.38. The van der Waals surface area contributed by atoms with E-state index in [4.69, 9.17) is 21.4 Å². The maximum absolute atomic E-state index is 12.3. The van der Waals surface area contributed by atoms with Gasteiger partial charge in [0.1, 0.15) is 11.1 Å². The predicted octanol–water partition coefficient (Wildman–Crippen LogP) is 4.58. The van der Waals surface area contributed by atoms with E-state index in [0.717, 1.165) is 9.86 Å². The maximum Gasteiger partial charge on any atom is 0.261 e. The molecule has 0 spiro atoms. The van der Waals surface area contributed by atoms with Crippen molar-refractivity contribution in [1.82, 2.24) is 0 Å². The third-order valence-electron chi connectivity index (χ3n) is 3.08. The molecule has 110 valence electrons. The third-order valence-corrected chi connectivity index (χ3v) is 3.82. The molecule has 6 heteroatoms. The number of carbonyl (C=O) groups is 1. The van der Waals surface area contributed by atoms with Crippen molar-refractivity contribution in [3.63, 3.8) is 0 Å². The fraction of sp³-hybridized carbons (Fsp3) is 0. The number of carbonyl (C=O) groups excluding carboxylic acids is 1. The van der Waals surface area contributed by atoms with Gasteiger partial charge in [0.2, 0.25) is 5.55 Å². The van der Waals surface area contributed by atoms with Gasteiger partial charge in [0.05, 0.1) is 0 Å². The zero-order valence-corrected chi connectivity index (χ0v) is 13.5. The molecule has 4 nitrogen and oxygen atoms in total. The summed E-state index contributed by atoms with van der Waals surface area (Å²) in [4.78, 5) is 12.3. The molecule has 0 radical (unpaired) electrons. The molecule has 1 heterocycles. The van der Waals surface area contributed by atoms with Crippen molar-refractivity contribution in [3.05, 3.63) is 69.1 Å². The molecule has 1 amide bonds. The number of benzene rings is 2. The fourth-order valence-corrected chi connectivity index (χ4v) is 2.52. The van der Waals surface area contributed by atoms with Crippen LogP contribution in [0.1, 0.15) is 10.4 Å². The van der Waals surface area contributed by atoms with Gasteiger partial charge in [-0.05, 0) is 48.5 Å². The summed E-state index contributed by atoms with van der Waals surface area (Å²) in [7, 11) is 0. The second-order valence-electron chi connectivity index (χ2n) is 4.63. The summed E-state index contributed by atoms with van der Waals surface area (Å²) in [6.07, 6.45) is 0. The highest BCUT2D eigenvalue weighted by atomic mass is 79.9. The van der Waals surface area contributed by atoms with Gasteiger partial charge in [-0.15, -0.1) is 0 Å². The average Bonchev–Trinajstić information content (AvgIpc) is 2.49. The van der Waals surface area contributed by atoms with Gasteiger partial charge in [0.15, 0.2) is 0 Å². The summed E-state index contributed by atoms with van der Waals surface area (Å²) in [5.74, 6) is -0.405. The van der Waals surface area contributed by atoms with Crippen LogP contribution in [0.2, 0.25) is 5.02 Å². The summed E-state index contributed by atoms with van der Waals surface area (Å²) in [5, 5.41) is 11.9. The minimum Gasteiger partial charge on any atom is -0.438 e. The lowest BCUT2D eigenvalue weighted by Gasteiger charge is -2.06. The second-order valence-corrected chi connectivity index (χ2v) is 5.98. The molecule has 0 fully saturated rings. The van der Waals surface area contributed by atoms with E-state index in [-0.39, 0.29) is 11.1 Å². The monoisotopic (exact) mass is 376 g/mol. The van der Waals surface area contributed by atoms with Crippen molar-refractivity contribution in [1.29, 1.82) is 5.41 Å². The van der Waals surface area contributed by atoms with Crippen LogP contribution in [0.5, 0.6) is 0 Å². The first-order valence-corrected chi connectivity index (χ1v) is 7.55. The summed E-state index contributed by atoms with van der Waals surface area (Å²) < 4.78 is 6.26. The zero-order valence-electron chi connectivity index (χ0n) is 11.2. The topological polar surface area (TPSA) is 66.1 Å². The highest BCUT2D eigenvalue weighted by molar-refractivity contribution is 9.10. The lowest BCUT2D eigenvalue weighted by molar-refractivity contribution is 0.102. The van der Waals surface area contributed by atoms with Crippen molar-refractivity contribution in [2.75, 3.05) is 5.32 Å². The van der Waals surface area contributed by atoms with Gasteiger partial charge >= 0.3 is 0 Å². The summed E-state index contributed by atoms with van der Waals surface area (Å²) in [6.45, 7) is 0. The molecule has 22 heavy (non-hydrogen) atoms. The number of hydrogen-bond acceptors (Lipinski definition) is 3. The minimum atomic E-state index is -0.405. The number of halogens is 2. The third kappa shape index (κ3) is 3.05. The number of amides is 1. The average molecular weight is 378 g/mol. The van der Waals surface area contributed by atoms with Gasteiger partial charge in [-0.1, -0.05) is 27.5 Å². The fourth-order valence-electron chi connectivity index (χ4n) is 2.01. The van der Waals surface area contributed by atoms with E-state index >= 15 is 0 Å². The van der Waals surface area contributed by atoms with Crippen LogP contribution in [0.3, 0.4) is 0 Å².